The number of ether oxygens (including phenoxy) is 4. The van der Waals surface area contributed by atoms with Crippen molar-refractivity contribution in [2.75, 3.05) is 26.8 Å². The molecule has 0 aliphatic heterocycles. The Hall–Kier alpha value is -3.24. The van der Waals surface area contributed by atoms with Gasteiger partial charge >= 0.3 is 11.9 Å². The van der Waals surface area contributed by atoms with Gasteiger partial charge in [-0.2, -0.15) is 4.39 Å². The minimum Gasteiger partial charge on any atom is -0.491 e. The van der Waals surface area contributed by atoms with Gasteiger partial charge in [-0.05, 0) is 25.1 Å². The predicted molar refractivity (Wildman–Crippen MR) is 113 cm³/mol. The van der Waals surface area contributed by atoms with Gasteiger partial charge in [-0.1, -0.05) is 30.0 Å². The third kappa shape index (κ3) is 4.66. The van der Waals surface area contributed by atoms with Gasteiger partial charge in [0, 0.05) is 7.11 Å². The van der Waals surface area contributed by atoms with E-state index >= 15 is 0 Å². The number of thioether (sulfide) groups is 1. The van der Waals surface area contributed by atoms with E-state index in [1.807, 2.05) is 0 Å². The van der Waals surface area contributed by atoms with Crippen LogP contribution in [0.4, 0.5) is 8.78 Å². The third-order valence-electron chi connectivity index (χ3n) is 4.25. The summed E-state index contributed by atoms with van der Waals surface area (Å²) in [5.41, 5.74) is -0.152. The lowest BCUT2D eigenvalue weighted by atomic mass is 10.1. The van der Waals surface area contributed by atoms with Gasteiger partial charge in [0.2, 0.25) is 5.82 Å². The molecule has 0 N–H and O–H groups in total. The van der Waals surface area contributed by atoms with Crippen molar-refractivity contribution in [1.29, 1.82) is 0 Å². The largest absolute Gasteiger partial charge is 0.491 e. The highest BCUT2D eigenvalue weighted by atomic mass is 32.2. The second-order valence-corrected chi connectivity index (χ2v) is 7.16. The molecule has 0 fully saturated rings. The Morgan fingerprint density at radius 2 is 1.78 bits per heavy atom. The van der Waals surface area contributed by atoms with Crippen LogP contribution in [0.25, 0.3) is 10.9 Å². The highest BCUT2D eigenvalue weighted by Gasteiger charge is 2.29. The van der Waals surface area contributed by atoms with Crippen LogP contribution < -0.4 is 9.47 Å². The van der Waals surface area contributed by atoms with Crippen LogP contribution in [-0.2, 0) is 9.47 Å². The molecule has 3 rings (SSSR count). The molecule has 32 heavy (non-hydrogen) atoms. The lowest BCUT2D eigenvalue weighted by molar-refractivity contribution is 0.0515. The standard InChI is InChI=1S/C22H19F2NO6S/c1-4-30-22(27)15-18(31-21(26)12-8-6-5-7-9-12)13-10-14(23)16(24)19(29-3)17(13)25-20(15)32-11-28-2/h5-10H,4,11H2,1-3H3. The fraction of sp³-hybridized carbons (Fsp3) is 0.227. The minimum absolute atomic E-state index is 0.0262. The van der Waals surface area contributed by atoms with Crippen LogP contribution in [0, 0.1) is 11.6 Å². The molecule has 2 aromatic carbocycles. The number of fused-ring (bicyclic) bond motifs is 1. The van der Waals surface area contributed by atoms with Crippen LogP contribution in [0.15, 0.2) is 41.4 Å². The Morgan fingerprint density at radius 3 is 2.41 bits per heavy atom. The average Bonchev–Trinajstić information content (AvgIpc) is 2.79. The van der Waals surface area contributed by atoms with Crippen molar-refractivity contribution in [2.24, 2.45) is 0 Å². The molecule has 0 bridgehead atoms. The van der Waals surface area contributed by atoms with Gasteiger partial charge in [0.05, 0.1) is 30.6 Å². The highest BCUT2D eigenvalue weighted by molar-refractivity contribution is 7.99. The first-order valence-corrected chi connectivity index (χ1v) is 10.4. The number of hydrogen-bond donors (Lipinski definition) is 0. The number of nitrogens with zero attached hydrogens (tertiary/aromatic N) is 1. The monoisotopic (exact) mass is 463 g/mol. The van der Waals surface area contributed by atoms with Crippen molar-refractivity contribution in [1.82, 2.24) is 4.98 Å². The van der Waals surface area contributed by atoms with Crippen molar-refractivity contribution in [3.05, 3.63) is 59.2 Å². The molecule has 0 aliphatic rings. The van der Waals surface area contributed by atoms with Crippen molar-refractivity contribution in [3.8, 4) is 11.5 Å². The molecule has 7 nitrogen and oxygen atoms in total. The Labute approximate surface area is 186 Å². The summed E-state index contributed by atoms with van der Waals surface area (Å²) in [7, 11) is 2.58. The van der Waals surface area contributed by atoms with Crippen LogP contribution in [-0.4, -0.2) is 43.7 Å². The normalized spacial score (nSPS) is 10.8. The van der Waals surface area contributed by atoms with Gasteiger partial charge in [0.15, 0.2) is 17.3 Å². The molecular formula is C22H19F2NO6S. The number of pyridine rings is 1. The number of carbonyl (C=O) groups is 2. The Bertz CT molecular complexity index is 1160. The number of benzene rings is 2. The van der Waals surface area contributed by atoms with Gasteiger partial charge < -0.3 is 18.9 Å². The molecule has 0 spiro atoms. The topological polar surface area (TPSA) is 84.0 Å². The molecule has 168 valence electrons. The van der Waals surface area contributed by atoms with Crippen LogP contribution in [0.5, 0.6) is 11.5 Å². The molecule has 0 atom stereocenters. The summed E-state index contributed by atoms with van der Waals surface area (Å²) in [5, 5.41) is -0.0900. The Balaban J connectivity index is 2.34. The molecule has 0 radical (unpaired) electrons. The first kappa shape index (κ1) is 23.4. The zero-order valence-corrected chi connectivity index (χ0v) is 18.3. The molecule has 10 heteroatoms. The molecule has 3 aromatic rings. The summed E-state index contributed by atoms with van der Waals surface area (Å²) in [6.45, 7) is 1.63. The number of carbonyl (C=O) groups excluding carboxylic acids is 2. The number of halogens is 2. The van der Waals surface area contributed by atoms with E-state index in [-0.39, 0.29) is 45.4 Å². The summed E-state index contributed by atoms with van der Waals surface area (Å²) in [6.07, 6.45) is 0. The number of rotatable bonds is 8. The molecule has 0 unspecified atom stereocenters. The number of aromatic nitrogens is 1. The lowest BCUT2D eigenvalue weighted by Gasteiger charge is -2.17. The maximum absolute atomic E-state index is 14.4. The summed E-state index contributed by atoms with van der Waals surface area (Å²) in [4.78, 5) is 29.9. The van der Waals surface area contributed by atoms with Crippen molar-refractivity contribution < 1.29 is 37.3 Å². The van der Waals surface area contributed by atoms with Crippen molar-refractivity contribution in [3.63, 3.8) is 0 Å². The smallest absolute Gasteiger partial charge is 0.344 e. The predicted octanol–water partition coefficient (Wildman–Crippen LogP) is 4.61. The van der Waals surface area contributed by atoms with Gasteiger partial charge in [-0.25, -0.2) is 19.0 Å². The second kappa shape index (κ2) is 10.4. The maximum Gasteiger partial charge on any atom is 0.344 e. The van der Waals surface area contributed by atoms with E-state index < -0.39 is 29.3 Å². The van der Waals surface area contributed by atoms with Gasteiger partial charge in [0.1, 0.15) is 16.1 Å². The fourth-order valence-electron chi connectivity index (χ4n) is 2.89. The average molecular weight is 463 g/mol. The van der Waals surface area contributed by atoms with E-state index in [1.54, 1.807) is 25.1 Å². The van der Waals surface area contributed by atoms with E-state index in [2.05, 4.69) is 4.98 Å². The minimum atomic E-state index is -1.26. The van der Waals surface area contributed by atoms with E-state index in [1.165, 1.54) is 19.2 Å². The molecular weight excluding hydrogens is 444 g/mol. The van der Waals surface area contributed by atoms with Crippen LogP contribution in [0.3, 0.4) is 0 Å². The highest BCUT2D eigenvalue weighted by Crippen LogP contribution is 2.41. The van der Waals surface area contributed by atoms with Crippen LogP contribution >= 0.6 is 11.8 Å². The third-order valence-corrected chi connectivity index (χ3v) is 5.17. The molecule has 0 amide bonds. The van der Waals surface area contributed by atoms with E-state index in [9.17, 15) is 18.4 Å². The van der Waals surface area contributed by atoms with Gasteiger partial charge in [-0.15, -0.1) is 0 Å². The summed E-state index contributed by atoms with van der Waals surface area (Å²) >= 11 is 0.985. The van der Waals surface area contributed by atoms with E-state index in [0.717, 1.165) is 24.9 Å². The fourth-order valence-corrected chi connectivity index (χ4v) is 3.59. The Kier molecular flexibility index (Phi) is 7.60. The molecule has 0 saturated carbocycles. The van der Waals surface area contributed by atoms with Crippen molar-refractivity contribution in [2.45, 2.75) is 11.9 Å². The molecule has 1 aromatic heterocycles. The lowest BCUT2D eigenvalue weighted by Crippen LogP contribution is -2.16. The van der Waals surface area contributed by atoms with Crippen LogP contribution in [0.2, 0.25) is 0 Å². The van der Waals surface area contributed by atoms with Crippen molar-refractivity contribution >= 4 is 34.6 Å². The summed E-state index contributed by atoms with van der Waals surface area (Å²) in [5.74, 6) is -4.93. The number of hydrogen-bond acceptors (Lipinski definition) is 8. The molecule has 0 saturated heterocycles. The van der Waals surface area contributed by atoms with E-state index in [4.69, 9.17) is 18.9 Å². The summed E-state index contributed by atoms with van der Waals surface area (Å²) < 4.78 is 49.5. The van der Waals surface area contributed by atoms with Gasteiger partial charge in [0.25, 0.3) is 0 Å². The zero-order chi connectivity index (χ0) is 23.3. The zero-order valence-electron chi connectivity index (χ0n) is 17.4. The quantitative estimate of drug-likeness (QED) is 0.272. The maximum atomic E-state index is 14.4. The van der Waals surface area contributed by atoms with Gasteiger partial charge in [-0.3, -0.25) is 0 Å². The molecule has 1 heterocycles. The van der Waals surface area contributed by atoms with Crippen LogP contribution in [0.1, 0.15) is 27.6 Å². The first-order chi connectivity index (χ1) is 15.4. The SMILES string of the molecule is CCOC(=O)c1c(SCOC)nc2c(OC)c(F)c(F)cc2c1OC(=O)c1ccccc1. The first-order valence-electron chi connectivity index (χ1n) is 9.38. The summed E-state index contributed by atoms with van der Waals surface area (Å²) in [6, 6.07) is 8.79. The Morgan fingerprint density at radius 1 is 1.06 bits per heavy atom. The number of methoxy groups -OCH3 is 2. The van der Waals surface area contributed by atoms with E-state index in [0.29, 0.717) is 0 Å². The molecule has 0 aliphatic carbocycles. The second-order valence-electron chi connectivity index (χ2n) is 6.25. The number of esters is 2.